The molecule has 0 spiro atoms. The molecule has 24 heavy (non-hydrogen) atoms. The van der Waals surface area contributed by atoms with Crippen LogP contribution in [0.2, 0.25) is 0 Å². The highest BCUT2D eigenvalue weighted by Crippen LogP contribution is 2.24. The first-order chi connectivity index (χ1) is 11.7. The Labute approximate surface area is 144 Å². The molecule has 1 atom stereocenters. The van der Waals surface area contributed by atoms with Crippen LogP contribution in [-0.2, 0) is 6.42 Å². The van der Waals surface area contributed by atoms with Gasteiger partial charge in [0, 0.05) is 12.1 Å². The minimum absolute atomic E-state index is 0.0657. The lowest BCUT2D eigenvalue weighted by Gasteiger charge is -2.14. The van der Waals surface area contributed by atoms with Crippen LogP contribution >= 0.6 is 11.3 Å². The van der Waals surface area contributed by atoms with Gasteiger partial charge >= 0.3 is 0 Å². The fraction of sp³-hybridized carbons (Fsp3) is 0.222. The van der Waals surface area contributed by atoms with Gasteiger partial charge in [-0.1, -0.05) is 29.4 Å². The highest BCUT2D eigenvalue weighted by molar-refractivity contribution is 7.13. The molecule has 0 saturated heterocycles. The molecule has 2 aromatic heterocycles. The van der Waals surface area contributed by atoms with Crippen molar-refractivity contribution >= 4 is 17.2 Å². The molecule has 3 rings (SSSR count). The number of benzene rings is 1. The average Bonchev–Trinajstić information content (AvgIpc) is 3.26. The monoisotopic (exact) mass is 342 g/mol. The number of para-hydroxylation sites is 1. The van der Waals surface area contributed by atoms with E-state index in [0.717, 1.165) is 16.2 Å². The summed E-state index contributed by atoms with van der Waals surface area (Å²) in [5.41, 5.74) is 1.72. The van der Waals surface area contributed by atoms with E-state index in [1.165, 1.54) is 0 Å². The third-order valence-corrected chi connectivity index (χ3v) is 4.50. The lowest BCUT2D eigenvalue weighted by Crippen LogP contribution is -2.33. The number of methoxy groups -OCH3 is 1. The van der Waals surface area contributed by atoms with Gasteiger partial charge in [-0.05, 0) is 36.4 Å². The first-order valence-electron chi connectivity index (χ1n) is 7.60. The number of ether oxygens (including phenoxy) is 1. The van der Waals surface area contributed by atoms with Crippen LogP contribution in [0.25, 0.3) is 10.6 Å². The first kappa shape index (κ1) is 16.3. The molecule has 1 N–H and O–H groups in total. The summed E-state index contributed by atoms with van der Waals surface area (Å²) in [6.07, 6.45) is 0.668. The Hall–Kier alpha value is -2.60. The standard InChI is InChI=1S/C18H18N2O3S/c1-12(10-13-6-3-4-7-15(13)22-2)19-18(21)16-11-14(20-23-16)17-8-5-9-24-17/h3-9,11-12H,10H2,1-2H3,(H,19,21)/t12-/m0/s1. The Morgan fingerprint density at radius 1 is 1.33 bits per heavy atom. The number of hydrogen-bond donors (Lipinski definition) is 1. The van der Waals surface area contributed by atoms with Gasteiger partial charge in [0.2, 0.25) is 5.76 Å². The fourth-order valence-corrected chi connectivity index (χ4v) is 3.15. The molecule has 5 nitrogen and oxygen atoms in total. The zero-order chi connectivity index (χ0) is 16.9. The second kappa shape index (κ2) is 7.31. The number of amides is 1. The molecule has 3 aromatic rings. The van der Waals surface area contributed by atoms with Gasteiger partial charge in [0.25, 0.3) is 5.91 Å². The van der Waals surface area contributed by atoms with Gasteiger partial charge in [-0.2, -0.15) is 0 Å². The number of rotatable bonds is 6. The first-order valence-corrected chi connectivity index (χ1v) is 8.48. The maximum absolute atomic E-state index is 12.3. The molecule has 0 aliphatic rings. The summed E-state index contributed by atoms with van der Waals surface area (Å²) < 4.78 is 10.5. The summed E-state index contributed by atoms with van der Waals surface area (Å²) >= 11 is 1.55. The largest absolute Gasteiger partial charge is 0.496 e. The van der Waals surface area contributed by atoms with Crippen LogP contribution in [0.1, 0.15) is 23.0 Å². The van der Waals surface area contributed by atoms with Crippen molar-refractivity contribution in [3.8, 4) is 16.3 Å². The van der Waals surface area contributed by atoms with E-state index < -0.39 is 0 Å². The van der Waals surface area contributed by atoms with E-state index >= 15 is 0 Å². The van der Waals surface area contributed by atoms with Crippen LogP contribution in [0.4, 0.5) is 0 Å². The lowest BCUT2D eigenvalue weighted by molar-refractivity contribution is 0.0903. The van der Waals surface area contributed by atoms with Crippen LogP contribution in [0.5, 0.6) is 5.75 Å². The van der Waals surface area contributed by atoms with Crippen LogP contribution in [0.3, 0.4) is 0 Å². The molecule has 0 bridgehead atoms. The van der Waals surface area contributed by atoms with Crippen molar-refractivity contribution < 1.29 is 14.1 Å². The van der Waals surface area contributed by atoms with E-state index in [-0.39, 0.29) is 17.7 Å². The number of nitrogens with zero attached hydrogens (tertiary/aromatic N) is 1. The van der Waals surface area contributed by atoms with Crippen molar-refractivity contribution in [2.75, 3.05) is 7.11 Å². The quantitative estimate of drug-likeness (QED) is 0.740. The molecule has 124 valence electrons. The van der Waals surface area contributed by atoms with Gasteiger partial charge in [0.15, 0.2) is 0 Å². The minimum atomic E-state index is -0.271. The molecule has 0 saturated carbocycles. The van der Waals surface area contributed by atoms with E-state index in [1.807, 2.05) is 48.7 Å². The summed E-state index contributed by atoms with van der Waals surface area (Å²) in [7, 11) is 1.64. The number of thiophene rings is 1. The molecular weight excluding hydrogens is 324 g/mol. The normalized spacial score (nSPS) is 11.9. The molecule has 0 aliphatic heterocycles. The van der Waals surface area contributed by atoms with E-state index in [2.05, 4.69) is 10.5 Å². The maximum atomic E-state index is 12.3. The Bertz CT molecular complexity index is 811. The second-order valence-corrected chi connectivity index (χ2v) is 6.39. The molecule has 1 amide bonds. The molecule has 2 heterocycles. The summed E-state index contributed by atoms with van der Waals surface area (Å²) in [4.78, 5) is 13.3. The Kier molecular flexibility index (Phi) is 4.96. The highest BCUT2D eigenvalue weighted by Gasteiger charge is 2.17. The zero-order valence-corrected chi connectivity index (χ0v) is 14.3. The van der Waals surface area contributed by atoms with Crippen molar-refractivity contribution in [3.05, 3.63) is 59.2 Å². The summed E-state index contributed by atoms with van der Waals surface area (Å²) in [5, 5.41) is 8.84. The van der Waals surface area contributed by atoms with E-state index in [9.17, 15) is 4.79 Å². The van der Waals surface area contributed by atoms with Gasteiger partial charge in [0.1, 0.15) is 11.4 Å². The van der Waals surface area contributed by atoms with Gasteiger partial charge in [-0.15, -0.1) is 11.3 Å². The van der Waals surface area contributed by atoms with Gasteiger partial charge in [-0.3, -0.25) is 4.79 Å². The number of hydrogen-bond acceptors (Lipinski definition) is 5. The van der Waals surface area contributed by atoms with Crippen LogP contribution in [0.15, 0.2) is 52.4 Å². The maximum Gasteiger partial charge on any atom is 0.290 e. The molecule has 0 aliphatic carbocycles. The number of carbonyl (C=O) groups is 1. The van der Waals surface area contributed by atoms with Gasteiger partial charge in [-0.25, -0.2) is 0 Å². The zero-order valence-electron chi connectivity index (χ0n) is 13.5. The van der Waals surface area contributed by atoms with Crippen molar-refractivity contribution in [1.82, 2.24) is 10.5 Å². The third-order valence-electron chi connectivity index (χ3n) is 3.60. The smallest absolute Gasteiger partial charge is 0.290 e. The van der Waals surface area contributed by atoms with Crippen molar-refractivity contribution in [2.24, 2.45) is 0 Å². The predicted molar refractivity (Wildman–Crippen MR) is 93.4 cm³/mol. The number of nitrogens with one attached hydrogen (secondary N) is 1. The Balaban J connectivity index is 1.64. The van der Waals surface area contributed by atoms with E-state index in [0.29, 0.717) is 12.1 Å². The van der Waals surface area contributed by atoms with Crippen molar-refractivity contribution in [3.63, 3.8) is 0 Å². The molecule has 0 fully saturated rings. The molecule has 0 radical (unpaired) electrons. The molecule has 6 heteroatoms. The van der Waals surface area contributed by atoms with Crippen LogP contribution < -0.4 is 10.1 Å². The minimum Gasteiger partial charge on any atom is -0.496 e. The summed E-state index contributed by atoms with van der Waals surface area (Å²) in [6.45, 7) is 1.95. The Morgan fingerprint density at radius 3 is 2.92 bits per heavy atom. The number of aromatic nitrogens is 1. The third kappa shape index (κ3) is 3.65. The SMILES string of the molecule is COc1ccccc1C[C@H](C)NC(=O)c1cc(-c2cccs2)no1. The van der Waals surface area contributed by atoms with Crippen LogP contribution in [-0.4, -0.2) is 24.2 Å². The van der Waals surface area contributed by atoms with E-state index in [1.54, 1.807) is 24.5 Å². The van der Waals surface area contributed by atoms with Gasteiger partial charge < -0.3 is 14.6 Å². The second-order valence-electron chi connectivity index (χ2n) is 5.44. The summed E-state index contributed by atoms with van der Waals surface area (Å²) in [5.74, 6) is 0.760. The lowest BCUT2D eigenvalue weighted by atomic mass is 10.1. The van der Waals surface area contributed by atoms with Crippen molar-refractivity contribution in [1.29, 1.82) is 0 Å². The predicted octanol–water partition coefficient (Wildman–Crippen LogP) is 3.77. The van der Waals surface area contributed by atoms with E-state index in [4.69, 9.17) is 9.26 Å². The fourth-order valence-electron chi connectivity index (χ4n) is 2.47. The van der Waals surface area contributed by atoms with Crippen LogP contribution in [0, 0.1) is 0 Å². The summed E-state index contributed by atoms with van der Waals surface area (Å²) in [6, 6.07) is 13.2. The molecule has 0 unspecified atom stereocenters. The van der Waals surface area contributed by atoms with Crippen molar-refractivity contribution in [2.45, 2.75) is 19.4 Å². The number of carbonyl (C=O) groups excluding carboxylic acids is 1. The topological polar surface area (TPSA) is 64.4 Å². The molecule has 1 aromatic carbocycles. The Morgan fingerprint density at radius 2 is 2.17 bits per heavy atom. The highest BCUT2D eigenvalue weighted by atomic mass is 32.1. The average molecular weight is 342 g/mol. The molecular formula is C18H18N2O3S. The van der Waals surface area contributed by atoms with Gasteiger partial charge in [0.05, 0.1) is 12.0 Å².